The van der Waals surface area contributed by atoms with E-state index in [9.17, 15) is 14.9 Å². The van der Waals surface area contributed by atoms with Gasteiger partial charge in [-0.05, 0) is 35.4 Å². The van der Waals surface area contributed by atoms with Crippen molar-refractivity contribution >= 4 is 45.3 Å². The van der Waals surface area contributed by atoms with Gasteiger partial charge < -0.3 is 0 Å². The van der Waals surface area contributed by atoms with Gasteiger partial charge in [-0.2, -0.15) is 10.2 Å². The summed E-state index contributed by atoms with van der Waals surface area (Å²) in [4.78, 5) is 22.9. The van der Waals surface area contributed by atoms with Crippen LogP contribution in [-0.2, 0) is 6.54 Å². The van der Waals surface area contributed by atoms with Crippen molar-refractivity contribution in [3.63, 3.8) is 0 Å². The lowest BCUT2D eigenvalue weighted by Gasteiger charge is -2.01. The Morgan fingerprint density at radius 1 is 1.32 bits per heavy atom. The highest BCUT2D eigenvalue weighted by atomic mass is 79.9. The summed E-state index contributed by atoms with van der Waals surface area (Å²) in [5.41, 5.74) is 3.09. The highest BCUT2D eigenvalue weighted by Gasteiger charge is 2.25. The minimum absolute atomic E-state index is 0.285. The second-order valence-electron chi connectivity index (χ2n) is 5.70. The summed E-state index contributed by atoms with van der Waals surface area (Å²) in [6.45, 7) is 0.285. The summed E-state index contributed by atoms with van der Waals surface area (Å²) in [5.74, 6) is -0.778. The third-order valence-corrected chi connectivity index (χ3v) is 4.40. The molecule has 1 N–H and O–H groups in total. The standard InChI is InChI=1S/C18H13BrClN5O3/c19-14-6-4-12(5-7-14)10-24-11-16(25(27)28)17(23-24)18(26)22-21-9-13-2-1-3-15(20)8-13/h1-9,11H,10H2,(H,22,26)/b21-9-. The second-order valence-corrected chi connectivity index (χ2v) is 7.05. The van der Waals surface area contributed by atoms with Gasteiger partial charge in [0, 0.05) is 9.50 Å². The van der Waals surface area contributed by atoms with Crippen LogP contribution in [0.15, 0.2) is 64.3 Å². The number of hydrogen-bond donors (Lipinski definition) is 1. The number of benzene rings is 2. The van der Waals surface area contributed by atoms with E-state index < -0.39 is 16.5 Å². The lowest BCUT2D eigenvalue weighted by atomic mass is 10.2. The molecule has 8 nitrogen and oxygen atoms in total. The summed E-state index contributed by atoms with van der Waals surface area (Å²) in [7, 11) is 0. The number of carbonyl (C=O) groups is 1. The van der Waals surface area contributed by atoms with E-state index in [1.165, 1.54) is 17.1 Å². The van der Waals surface area contributed by atoms with Crippen LogP contribution in [0.5, 0.6) is 0 Å². The minimum atomic E-state index is -0.778. The molecule has 0 radical (unpaired) electrons. The van der Waals surface area contributed by atoms with E-state index in [4.69, 9.17) is 11.6 Å². The van der Waals surface area contributed by atoms with Crippen LogP contribution in [0.1, 0.15) is 21.6 Å². The average molecular weight is 463 g/mol. The topological polar surface area (TPSA) is 102 Å². The molecule has 1 amide bonds. The molecule has 0 saturated carbocycles. The lowest BCUT2D eigenvalue weighted by Crippen LogP contribution is -2.19. The molecule has 0 aliphatic rings. The van der Waals surface area contributed by atoms with Crippen LogP contribution < -0.4 is 5.43 Å². The molecule has 1 heterocycles. The van der Waals surface area contributed by atoms with Crippen molar-refractivity contribution in [2.45, 2.75) is 6.54 Å². The number of halogens is 2. The van der Waals surface area contributed by atoms with E-state index in [2.05, 4.69) is 31.6 Å². The summed E-state index contributed by atoms with van der Waals surface area (Å²) in [6.07, 6.45) is 2.60. The molecule has 1 aromatic heterocycles. The molecule has 0 fully saturated rings. The largest absolute Gasteiger partial charge is 0.320 e. The SMILES string of the molecule is O=C(N/N=C\c1cccc(Cl)c1)c1nn(Cc2ccc(Br)cc2)cc1[N+](=O)[O-]. The van der Waals surface area contributed by atoms with Gasteiger partial charge in [-0.1, -0.05) is 51.8 Å². The number of carbonyl (C=O) groups excluding carboxylic acids is 1. The van der Waals surface area contributed by atoms with E-state index in [1.807, 2.05) is 24.3 Å². The molecule has 0 saturated heterocycles. The maximum absolute atomic E-state index is 12.3. The van der Waals surface area contributed by atoms with Crippen molar-refractivity contribution < 1.29 is 9.72 Å². The van der Waals surface area contributed by atoms with Crippen LogP contribution in [0.25, 0.3) is 0 Å². The minimum Gasteiger partial charge on any atom is -0.265 e. The predicted molar refractivity (Wildman–Crippen MR) is 109 cm³/mol. The molecule has 3 aromatic rings. The van der Waals surface area contributed by atoms with Crippen LogP contribution >= 0.6 is 27.5 Å². The Balaban J connectivity index is 1.76. The smallest absolute Gasteiger partial charge is 0.265 e. The normalized spacial score (nSPS) is 10.9. The predicted octanol–water partition coefficient (Wildman–Crippen LogP) is 4.02. The molecule has 0 unspecified atom stereocenters. The number of hydrazone groups is 1. The van der Waals surface area contributed by atoms with E-state index in [1.54, 1.807) is 24.3 Å². The highest BCUT2D eigenvalue weighted by Crippen LogP contribution is 2.18. The Bertz CT molecular complexity index is 1050. The van der Waals surface area contributed by atoms with E-state index in [-0.39, 0.29) is 12.2 Å². The van der Waals surface area contributed by atoms with Gasteiger partial charge in [-0.3, -0.25) is 19.6 Å². The molecule has 0 bridgehead atoms. The van der Waals surface area contributed by atoms with E-state index >= 15 is 0 Å². The number of hydrogen-bond acceptors (Lipinski definition) is 5. The van der Waals surface area contributed by atoms with Crippen LogP contribution in [0.2, 0.25) is 5.02 Å². The fourth-order valence-electron chi connectivity index (χ4n) is 2.37. The lowest BCUT2D eigenvalue weighted by molar-refractivity contribution is -0.385. The molecule has 3 rings (SSSR count). The molecule has 0 atom stereocenters. The number of aromatic nitrogens is 2. The van der Waals surface area contributed by atoms with Gasteiger partial charge in [0.05, 0.1) is 17.7 Å². The first kappa shape index (κ1) is 19.7. The average Bonchev–Trinajstić information content (AvgIpc) is 3.08. The Hall–Kier alpha value is -3.04. The van der Waals surface area contributed by atoms with Gasteiger partial charge in [-0.25, -0.2) is 5.43 Å². The zero-order valence-electron chi connectivity index (χ0n) is 14.3. The Morgan fingerprint density at radius 2 is 2.07 bits per heavy atom. The Kier molecular flexibility index (Phi) is 6.17. The van der Waals surface area contributed by atoms with Crippen molar-refractivity contribution in [1.29, 1.82) is 0 Å². The van der Waals surface area contributed by atoms with Gasteiger partial charge in [0.15, 0.2) is 0 Å². The van der Waals surface area contributed by atoms with Crippen molar-refractivity contribution in [1.82, 2.24) is 15.2 Å². The summed E-state index contributed by atoms with van der Waals surface area (Å²) in [5, 5.41) is 19.7. The van der Waals surface area contributed by atoms with Gasteiger partial charge in [0.1, 0.15) is 6.20 Å². The van der Waals surface area contributed by atoms with Gasteiger partial charge in [0.2, 0.25) is 5.69 Å². The molecular weight excluding hydrogens is 450 g/mol. The summed E-state index contributed by atoms with van der Waals surface area (Å²) >= 11 is 9.22. The molecular formula is C18H13BrClN5O3. The molecule has 0 aliphatic heterocycles. The van der Waals surface area contributed by atoms with Gasteiger partial charge >= 0.3 is 5.69 Å². The first-order valence-corrected chi connectivity index (χ1v) is 9.15. The monoisotopic (exact) mass is 461 g/mol. The van der Waals surface area contributed by atoms with Crippen molar-refractivity contribution in [2.24, 2.45) is 5.10 Å². The number of amides is 1. The van der Waals surface area contributed by atoms with Crippen LogP contribution in [0, 0.1) is 10.1 Å². The molecule has 10 heteroatoms. The number of nitro groups is 1. The maximum Gasteiger partial charge on any atom is 0.320 e. The highest BCUT2D eigenvalue weighted by molar-refractivity contribution is 9.10. The Labute approximate surface area is 173 Å². The zero-order chi connectivity index (χ0) is 20.1. The number of nitrogens with one attached hydrogen (secondary N) is 1. The fraction of sp³-hybridized carbons (Fsp3) is 0.0556. The maximum atomic E-state index is 12.3. The Morgan fingerprint density at radius 3 is 2.75 bits per heavy atom. The quantitative estimate of drug-likeness (QED) is 0.339. The number of nitrogens with zero attached hydrogens (tertiary/aromatic N) is 4. The van der Waals surface area contributed by atoms with Gasteiger partial charge in [-0.15, -0.1) is 0 Å². The summed E-state index contributed by atoms with van der Waals surface area (Å²) in [6, 6.07) is 14.3. The molecule has 142 valence electrons. The number of rotatable bonds is 6. The fourth-order valence-corrected chi connectivity index (χ4v) is 2.83. The second kappa shape index (κ2) is 8.77. The summed E-state index contributed by atoms with van der Waals surface area (Å²) < 4.78 is 2.26. The third-order valence-electron chi connectivity index (χ3n) is 3.64. The molecule has 0 spiro atoms. The first-order valence-electron chi connectivity index (χ1n) is 7.97. The van der Waals surface area contributed by atoms with Crippen molar-refractivity contribution in [2.75, 3.05) is 0 Å². The van der Waals surface area contributed by atoms with Gasteiger partial charge in [0.25, 0.3) is 5.91 Å². The van der Waals surface area contributed by atoms with E-state index in [0.717, 1.165) is 10.0 Å². The van der Waals surface area contributed by atoms with Crippen molar-refractivity contribution in [3.05, 3.63) is 91.2 Å². The first-order chi connectivity index (χ1) is 13.4. The zero-order valence-corrected chi connectivity index (χ0v) is 16.6. The van der Waals surface area contributed by atoms with Crippen LogP contribution in [-0.4, -0.2) is 26.8 Å². The van der Waals surface area contributed by atoms with Crippen LogP contribution in [0.3, 0.4) is 0 Å². The molecule has 0 aliphatic carbocycles. The van der Waals surface area contributed by atoms with E-state index in [0.29, 0.717) is 10.6 Å². The third kappa shape index (κ3) is 5.02. The van der Waals surface area contributed by atoms with Crippen molar-refractivity contribution in [3.8, 4) is 0 Å². The molecule has 28 heavy (non-hydrogen) atoms. The van der Waals surface area contributed by atoms with Crippen LogP contribution in [0.4, 0.5) is 5.69 Å². The molecule has 2 aromatic carbocycles.